The standard InChI is InChI=1S/C18H25N3O4S/c1-15(22)19-11-13-21(14-12-19)26(24,25)17-7-5-16(6-8-17)18(23)20-9-3-2-4-10-20/h5-8H,2-4,9-14H2,1H3. The van der Waals surface area contributed by atoms with Crippen LogP contribution in [-0.2, 0) is 14.8 Å². The third-order valence-corrected chi connectivity index (χ3v) is 6.98. The van der Waals surface area contributed by atoms with Crippen LogP contribution in [0, 0.1) is 0 Å². The second kappa shape index (κ2) is 7.75. The van der Waals surface area contributed by atoms with Crippen LogP contribution in [0.5, 0.6) is 0 Å². The van der Waals surface area contributed by atoms with Crippen molar-refractivity contribution in [2.45, 2.75) is 31.1 Å². The Morgan fingerprint density at radius 1 is 0.808 bits per heavy atom. The van der Waals surface area contributed by atoms with Gasteiger partial charge < -0.3 is 9.80 Å². The summed E-state index contributed by atoms with van der Waals surface area (Å²) in [5, 5.41) is 0. The Morgan fingerprint density at radius 3 is 1.92 bits per heavy atom. The Kier molecular flexibility index (Phi) is 5.62. The zero-order valence-corrected chi connectivity index (χ0v) is 15.9. The van der Waals surface area contributed by atoms with Crippen molar-refractivity contribution in [1.29, 1.82) is 0 Å². The lowest BCUT2D eigenvalue weighted by molar-refractivity contribution is -0.129. The Bertz CT molecular complexity index is 762. The van der Waals surface area contributed by atoms with Gasteiger partial charge in [0.15, 0.2) is 0 Å². The Balaban J connectivity index is 1.69. The van der Waals surface area contributed by atoms with Crippen molar-refractivity contribution in [3.63, 3.8) is 0 Å². The lowest BCUT2D eigenvalue weighted by Gasteiger charge is -2.33. The second-order valence-electron chi connectivity index (χ2n) is 6.79. The minimum atomic E-state index is -3.61. The highest BCUT2D eigenvalue weighted by Gasteiger charge is 2.29. The number of benzene rings is 1. The van der Waals surface area contributed by atoms with E-state index in [-0.39, 0.29) is 29.8 Å². The monoisotopic (exact) mass is 379 g/mol. The molecule has 0 atom stereocenters. The van der Waals surface area contributed by atoms with Crippen LogP contribution in [0.25, 0.3) is 0 Å². The number of likely N-dealkylation sites (tertiary alicyclic amines) is 1. The lowest BCUT2D eigenvalue weighted by Crippen LogP contribution is -2.49. The highest BCUT2D eigenvalue weighted by atomic mass is 32.2. The molecule has 2 fully saturated rings. The van der Waals surface area contributed by atoms with E-state index in [1.807, 2.05) is 4.90 Å². The van der Waals surface area contributed by atoms with E-state index < -0.39 is 10.0 Å². The van der Waals surface area contributed by atoms with Gasteiger partial charge in [-0.2, -0.15) is 4.31 Å². The largest absolute Gasteiger partial charge is 0.340 e. The van der Waals surface area contributed by atoms with Crippen LogP contribution in [0.1, 0.15) is 36.5 Å². The number of nitrogens with zero attached hydrogens (tertiary/aromatic N) is 3. The summed E-state index contributed by atoms with van der Waals surface area (Å²) in [5.74, 6) is -0.0775. The van der Waals surface area contributed by atoms with Gasteiger partial charge in [-0.15, -0.1) is 0 Å². The van der Waals surface area contributed by atoms with E-state index in [0.717, 1.165) is 32.4 Å². The minimum absolute atomic E-state index is 0.0382. The number of piperidine rings is 1. The normalized spacial score (nSPS) is 19.4. The molecule has 2 aliphatic rings. The molecule has 0 aliphatic carbocycles. The van der Waals surface area contributed by atoms with Gasteiger partial charge in [-0.1, -0.05) is 0 Å². The molecule has 0 saturated carbocycles. The first kappa shape index (κ1) is 18.8. The molecular weight excluding hydrogens is 354 g/mol. The van der Waals surface area contributed by atoms with Crippen molar-refractivity contribution in [1.82, 2.24) is 14.1 Å². The SMILES string of the molecule is CC(=O)N1CCN(S(=O)(=O)c2ccc(C(=O)N3CCCCC3)cc2)CC1. The molecule has 8 heteroatoms. The third kappa shape index (κ3) is 3.91. The average Bonchev–Trinajstić information content (AvgIpc) is 2.68. The molecule has 2 amide bonds. The van der Waals surface area contributed by atoms with Crippen molar-refractivity contribution in [3.8, 4) is 0 Å². The Hall–Kier alpha value is -1.93. The molecule has 0 aromatic heterocycles. The molecule has 2 aliphatic heterocycles. The van der Waals surface area contributed by atoms with Crippen LogP contribution < -0.4 is 0 Å². The van der Waals surface area contributed by atoms with E-state index in [4.69, 9.17) is 0 Å². The summed E-state index contributed by atoms with van der Waals surface area (Å²) in [6, 6.07) is 6.19. The summed E-state index contributed by atoms with van der Waals surface area (Å²) in [6.45, 7) is 4.40. The molecule has 0 bridgehead atoms. The average molecular weight is 379 g/mol. The quantitative estimate of drug-likeness (QED) is 0.790. The fraction of sp³-hybridized carbons (Fsp3) is 0.556. The van der Waals surface area contributed by atoms with Gasteiger partial charge in [-0.3, -0.25) is 9.59 Å². The number of sulfonamides is 1. The van der Waals surface area contributed by atoms with Crippen molar-refractivity contribution in [3.05, 3.63) is 29.8 Å². The number of piperazine rings is 1. The molecule has 3 rings (SSSR count). The molecule has 7 nitrogen and oxygen atoms in total. The Labute approximate surface area is 154 Å². The van der Waals surface area contributed by atoms with Crippen molar-refractivity contribution >= 4 is 21.8 Å². The van der Waals surface area contributed by atoms with E-state index >= 15 is 0 Å². The topological polar surface area (TPSA) is 78.0 Å². The molecule has 26 heavy (non-hydrogen) atoms. The van der Waals surface area contributed by atoms with E-state index in [1.165, 1.54) is 23.4 Å². The van der Waals surface area contributed by atoms with Crippen LogP contribution in [0.15, 0.2) is 29.2 Å². The third-order valence-electron chi connectivity index (χ3n) is 5.07. The molecule has 1 aromatic carbocycles. The van der Waals surface area contributed by atoms with E-state index in [9.17, 15) is 18.0 Å². The number of hydrogen-bond acceptors (Lipinski definition) is 4. The van der Waals surface area contributed by atoms with E-state index in [1.54, 1.807) is 17.0 Å². The Morgan fingerprint density at radius 2 is 1.38 bits per heavy atom. The van der Waals surface area contributed by atoms with Gasteiger partial charge in [0, 0.05) is 51.8 Å². The van der Waals surface area contributed by atoms with Crippen molar-refractivity contribution < 1.29 is 18.0 Å². The first-order chi connectivity index (χ1) is 12.4. The number of rotatable bonds is 3. The van der Waals surface area contributed by atoms with Gasteiger partial charge in [0.2, 0.25) is 15.9 Å². The number of carbonyl (C=O) groups is 2. The first-order valence-corrected chi connectivity index (χ1v) is 10.5. The number of carbonyl (C=O) groups excluding carboxylic acids is 2. The van der Waals surface area contributed by atoms with Crippen LogP contribution in [0.4, 0.5) is 0 Å². The maximum absolute atomic E-state index is 12.8. The first-order valence-electron chi connectivity index (χ1n) is 9.04. The van der Waals surface area contributed by atoms with Gasteiger partial charge >= 0.3 is 0 Å². The smallest absolute Gasteiger partial charge is 0.253 e. The number of amides is 2. The summed E-state index contributed by atoms with van der Waals surface area (Å²) >= 11 is 0. The summed E-state index contributed by atoms with van der Waals surface area (Å²) in [6.07, 6.45) is 3.19. The zero-order chi connectivity index (χ0) is 18.7. The molecule has 0 spiro atoms. The van der Waals surface area contributed by atoms with Gasteiger partial charge in [0.05, 0.1) is 4.90 Å². The summed E-state index contributed by atoms with van der Waals surface area (Å²) in [5.41, 5.74) is 0.521. The van der Waals surface area contributed by atoms with Crippen LogP contribution in [0.2, 0.25) is 0 Å². The maximum Gasteiger partial charge on any atom is 0.253 e. The molecule has 0 unspecified atom stereocenters. The van der Waals surface area contributed by atoms with Gasteiger partial charge in [0.25, 0.3) is 5.91 Å². The van der Waals surface area contributed by atoms with E-state index in [2.05, 4.69) is 0 Å². The molecule has 2 saturated heterocycles. The van der Waals surface area contributed by atoms with Gasteiger partial charge in [0.1, 0.15) is 0 Å². The van der Waals surface area contributed by atoms with Crippen LogP contribution in [-0.4, -0.2) is 73.6 Å². The predicted octanol–water partition coefficient (Wildman–Crippen LogP) is 1.17. The fourth-order valence-corrected chi connectivity index (χ4v) is 4.86. The van der Waals surface area contributed by atoms with Crippen LogP contribution in [0.3, 0.4) is 0 Å². The second-order valence-corrected chi connectivity index (χ2v) is 8.73. The fourth-order valence-electron chi connectivity index (χ4n) is 3.44. The lowest BCUT2D eigenvalue weighted by atomic mass is 10.1. The van der Waals surface area contributed by atoms with Crippen molar-refractivity contribution in [2.24, 2.45) is 0 Å². The van der Waals surface area contributed by atoms with Crippen molar-refractivity contribution in [2.75, 3.05) is 39.3 Å². The molecular formula is C18H25N3O4S. The molecule has 2 heterocycles. The molecule has 1 aromatic rings. The summed E-state index contributed by atoms with van der Waals surface area (Å²) < 4.78 is 26.9. The molecule has 0 radical (unpaired) electrons. The van der Waals surface area contributed by atoms with Crippen LogP contribution >= 0.6 is 0 Å². The van der Waals surface area contributed by atoms with E-state index in [0.29, 0.717) is 18.7 Å². The highest BCUT2D eigenvalue weighted by molar-refractivity contribution is 7.89. The maximum atomic E-state index is 12.8. The summed E-state index contributed by atoms with van der Waals surface area (Å²) in [4.78, 5) is 27.5. The van der Waals surface area contributed by atoms with Gasteiger partial charge in [-0.05, 0) is 43.5 Å². The zero-order valence-electron chi connectivity index (χ0n) is 15.1. The minimum Gasteiger partial charge on any atom is -0.340 e. The highest BCUT2D eigenvalue weighted by Crippen LogP contribution is 2.20. The molecule has 0 N–H and O–H groups in total. The van der Waals surface area contributed by atoms with Gasteiger partial charge in [-0.25, -0.2) is 8.42 Å². The number of hydrogen-bond donors (Lipinski definition) is 0. The summed E-state index contributed by atoms with van der Waals surface area (Å²) in [7, 11) is -3.61. The predicted molar refractivity (Wildman–Crippen MR) is 97.2 cm³/mol. The molecule has 142 valence electrons.